The van der Waals surface area contributed by atoms with Gasteiger partial charge in [-0.15, -0.1) is 0 Å². The Hall–Kier alpha value is -2.14. The van der Waals surface area contributed by atoms with E-state index in [2.05, 4.69) is 6.58 Å². The predicted octanol–water partition coefficient (Wildman–Crippen LogP) is 3.01. The summed E-state index contributed by atoms with van der Waals surface area (Å²) in [5.41, 5.74) is 2.51. The molecule has 4 atom stereocenters. The summed E-state index contributed by atoms with van der Waals surface area (Å²) in [4.78, 5) is 24.3. The molecule has 1 fully saturated rings. The molecule has 2 aliphatic rings. The van der Waals surface area contributed by atoms with Gasteiger partial charge in [0, 0.05) is 17.6 Å². The molecule has 0 aromatic heterocycles. The lowest BCUT2D eigenvalue weighted by Crippen LogP contribution is -2.34. The molecule has 0 radical (unpaired) electrons. The molecule has 1 heterocycles. The van der Waals surface area contributed by atoms with Crippen molar-refractivity contribution >= 4 is 11.9 Å². The fraction of sp³-hybridized carbons (Fsp3) is 0.500. The number of esters is 2. The van der Waals surface area contributed by atoms with Crippen LogP contribution in [0.2, 0.25) is 0 Å². The van der Waals surface area contributed by atoms with Gasteiger partial charge < -0.3 is 14.6 Å². The van der Waals surface area contributed by atoms with Gasteiger partial charge in [0.25, 0.3) is 0 Å². The topological polar surface area (TPSA) is 72.8 Å². The van der Waals surface area contributed by atoms with Crippen LogP contribution in [0.15, 0.2) is 47.1 Å². The summed E-state index contributed by atoms with van der Waals surface area (Å²) in [5, 5.41) is 10.2. The second kappa shape index (κ2) is 7.83. The normalized spacial score (nSPS) is 35.0. The van der Waals surface area contributed by atoms with Gasteiger partial charge in [0.2, 0.25) is 0 Å². The number of fused-ring (bicyclic) bond motifs is 1. The zero-order valence-corrected chi connectivity index (χ0v) is 15.2. The van der Waals surface area contributed by atoms with Crippen molar-refractivity contribution in [1.82, 2.24) is 0 Å². The molecule has 1 aliphatic heterocycles. The predicted molar refractivity (Wildman–Crippen MR) is 94.6 cm³/mol. The van der Waals surface area contributed by atoms with Crippen molar-refractivity contribution in [2.45, 2.75) is 58.8 Å². The lowest BCUT2D eigenvalue weighted by molar-refractivity contribution is -0.147. The van der Waals surface area contributed by atoms with Crippen molar-refractivity contribution in [3.63, 3.8) is 0 Å². The third-order valence-electron chi connectivity index (χ3n) is 4.84. The van der Waals surface area contributed by atoms with Crippen LogP contribution >= 0.6 is 0 Å². The first kappa shape index (κ1) is 19.2. The van der Waals surface area contributed by atoms with Crippen LogP contribution in [-0.4, -0.2) is 35.4 Å². The maximum atomic E-state index is 12.3. The smallest absolute Gasteiger partial charge is 0.334 e. The highest BCUT2D eigenvalue weighted by Crippen LogP contribution is 2.36. The maximum absolute atomic E-state index is 12.3. The van der Waals surface area contributed by atoms with E-state index < -0.39 is 36.2 Å². The zero-order valence-electron chi connectivity index (χ0n) is 15.2. The molecule has 0 amide bonds. The Morgan fingerprint density at radius 2 is 2.12 bits per heavy atom. The first-order valence-corrected chi connectivity index (χ1v) is 8.50. The van der Waals surface area contributed by atoms with E-state index in [1.165, 1.54) is 0 Å². The van der Waals surface area contributed by atoms with Crippen LogP contribution in [0, 0.1) is 5.92 Å². The molecular formula is C20H26O5. The van der Waals surface area contributed by atoms with Gasteiger partial charge in [0.15, 0.2) is 0 Å². The molecule has 1 N–H and O–H groups in total. The Morgan fingerprint density at radius 3 is 2.76 bits per heavy atom. The fourth-order valence-electron chi connectivity index (χ4n) is 3.04. The molecule has 0 spiro atoms. The first-order valence-electron chi connectivity index (χ1n) is 8.50. The SMILES string of the molecule is C=C1C(=O)O[C@@H]2/C=C(\C)[C@@H](O)C/C=C(/C)C[C@@H](OC(=O)/C(C)=C\C)[C@H]12. The summed E-state index contributed by atoms with van der Waals surface area (Å²) in [6.45, 7) is 11.0. The van der Waals surface area contributed by atoms with Gasteiger partial charge in [-0.05, 0) is 45.8 Å². The summed E-state index contributed by atoms with van der Waals surface area (Å²) < 4.78 is 11.1. The minimum Gasteiger partial charge on any atom is -0.458 e. The molecule has 25 heavy (non-hydrogen) atoms. The average Bonchev–Trinajstić information content (AvgIpc) is 2.84. The summed E-state index contributed by atoms with van der Waals surface area (Å²) in [7, 11) is 0. The van der Waals surface area contributed by atoms with Crippen LogP contribution in [-0.2, 0) is 19.1 Å². The van der Waals surface area contributed by atoms with Crippen LogP contribution < -0.4 is 0 Å². The molecule has 2 rings (SSSR count). The molecule has 0 saturated carbocycles. The van der Waals surface area contributed by atoms with Crippen molar-refractivity contribution in [3.8, 4) is 0 Å². The van der Waals surface area contributed by atoms with Gasteiger partial charge in [-0.1, -0.05) is 24.3 Å². The van der Waals surface area contributed by atoms with E-state index in [1.807, 2.05) is 13.0 Å². The number of hydrogen-bond donors (Lipinski definition) is 1. The van der Waals surface area contributed by atoms with Crippen molar-refractivity contribution in [1.29, 1.82) is 0 Å². The second-order valence-electron chi connectivity index (χ2n) is 6.75. The summed E-state index contributed by atoms with van der Waals surface area (Å²) in [6.07, 6.45) is 4.51. The minimum absolute atomic E-state index is 0.299. The van der Waals surface area contributed by atoms with Gasteiger partial charge in [0.05, 0.1) is 12.0 Å². The van der Waals surface area contributed by atoms with E-state index in [9.17, 15) is 14.7 Å². The number of ether oxygens (including phenoxy) is 2. The van der Waals surface area contributed by atoms with E-state index in [4.69, 9.17) is 9.47 Å². The highest BCUT2D eigenvalue weighted by atomic mass is 16.6. The van der Waals surface area contributed by atoms with E-state index in [-0.39, 0.29) is 0 Å². The molecule has 5 heteroatoms. The van der Waals surface area contributed by atoms with E-state index in [0.29, 0.717) is 24.0 Å². The highest BCUT2D eigenvalue weighted by Gasteiger charge is 2.44. The number of carbonyl (C=O) groups is 2. The monoisotopic (exact) mass is 346 g/mol. The summed E-state index contributed by atoms with van der Waals surface area (Å²) in [6, 6.07) is 0. The zero-order chi connectivity index (χ0) is 18.7. The Bertz CT molecular complexity index is 668. The summed E-state index contributed by atoms with van der Waals surface area (Å²) >= 11 is 0. The number of carbonyl (C=O) groups excluding carboxylic acids is 2. The second-order valence-corrected chi connectivity index (χ2v) is 6.75. The van der Waals surface area contributed by atoms with Crippen LogP contribution in [0.1, 0.15) is 40.5 Å². The number of allylic oxidation sites excluding steroid dienone is 1. The highest BCUT2D eigenvalue weighted by molar-refractivity contribution is 5.92. The molecule has 0 bridgehead atoms. The molecule has 0 aromatic rings. The van der Waals surface area contributed by atoms with E-state index in [1.54, 1.807) is 32.9 Å². The van der Waals surface area contributed by atoms with E-state index in [0.717, 1.165) is 11.1 Å². The molecule has 136 valence electrons. The van der Waals surface area contributed by atoms with Crippen molar-refractivity contribution < 1.29 is 24.2 Å². The third-order valence-corrected chi connectivity index (χ3v) is 4.84. The van der Waals surface area contributed by atoms with Gasteiger partial charge in [-0.25, -0.2) is 9.59 Å². The Labute approximate surface area is 148 Å². The van der Waals surface area contributed by atoms with Crippen LogP contribution in [0.25, 0.3) is 0 Å². The lowest BCUT2D eigenvalue weighted by atomic mass is 9.85. The van der Waals surface area contributed by atoms with Crippen molar-refractivity contribution in [2.75, 3.05) is 0 Å². The van der Waals surface area contributed by atoms with Crippen LogP contribution in [0.3, 0.4) is 0 Å². The molecule has 5 nitrogen and oxygen atoms in total. The van der Waals surface area contributed by atoms with Gasteiger partial charge in [-0.2, -0.15) is 0 Å². The summed E-state index contributed by atoms with van der Waals surface area (Å²) in [5.74, 6) is -1.37. The Balaban J connectivity index is 2.42. The molecule has 1 aliphatic carbocycles. The maximum Gasteiger partial charge on any atom is 0.334 e. The first-order chi connectivity index (χ1) is 11.7. The molecule has 0 unspecified atom stereocenters. The van der Waals surface area contributed by atoms with E-state index >= 15 is 0 Å². The number of rotatable bonds is 2. The quantitative estimate of drug-likeness (QED) is 0.473. The number of aliphatic hydroxyl groups is 1. The molecule has 1 saturated heterocycles. The van der Waals surface area contributed by atoms with Crippen molar-refractivity contribution in [3.05, 3.63) is 47.1 Å². The Morgan fingerprint density at radius 1 is 1.44 bits per heavy atom. The number of hydrogen-bond acceptors (Lipinski definition) is 5. The number of aliphatic hydroxyl groups excluding tert-OH is 1. The van der Waals surface area contributed by atoms with Crippen LogP contribution in [0.4, 0.5) is 0 Å². The largest absolute Gasteiger partial charge is 0.458 e. The van der Waals surface area contributed by atoms with Crippen molar-refractivity contribution in [2.24, 2.45) is 5.92 Å². The average molecular weight is 346 g/mol. The van der Waals surface area contributed by atoms with Crippen LogP contribution in [0.5, 0.6) is 0 Å². The third kappa shape index (κ3) is 4.28. The standard InChI is InChI=1S/C20H26O5/c1-6-12(3)19(22)24-16-9-11(2)7-8-15(21)13(4)10-17-18(16)14(5)20(23)25-17/h6-7,10,15-18,21H,5,8-9H2,1-4H3/b11-7-,12-6-,13-10+/t15-,16+,17+,18-/m0/s1. The lowest BCUT2D eigenvalue weighted by Gasteiger charge is -2.28. The van der Waals surface area contributed by atoms with Gasteiger partial charge in [0.1, 0.15) is 12.2 Å². The minimum atomic E-state index is -0.632. The van der Waals surface area contributed by atoms with Gasteiger partial charge in [-0.3, -0.25) is 0 Å². The Kier molecular flexibility index (Phi) is 6.01. The molecule has 0 aromatic carbocycles. The molecular weight excluding hydrogens is 320 g/mol. The fourth-order valence-corrected chi connectivity index (χ4v) is 3.04. The van der Waals surface area contributed by atoms with Gasteiger partial charge >= 0.3 is 11.9 Å².